The maximum atomic E-state index is 12.5. The van der Waals surface area contributed by atoms with E-state index in [0.717, 1.165) is 17.4 Å². The van der Waals surface area contributed by atoms with Crippen LogP contribution in [-0.4, -0.2) is 38.2 Å². The molecule has 0 saturated heterocycles. The number of carbonyl (C=O) groups excluding carboxylic acids is 1. The molecule has 3 rings (SSSR count). The molecule has 9 heteroatoms. The summed E-state index contributed by atoms with van der Waals surface area (Å²) in [5.74, 6) is -1.43. The van der Waals surface area contributed by atoms with E-state index >= 15 is 0 Å². The highest BCUT2D eigenvalue weighted by atomic mass is 35.5. The van der Waals surface area contributed by atoms with Gasteiger partial charge in [0, 0.05) is 17.1 Å². The van der Waals surface area contributed by atoms with Crippen molar-refractivity contribution < 1.29 is 23.1 Å². The molecule has 3 N–H and O–H groups in total. The number of aromatic carboxylic acids is 1. The fourth-order valence-corrected chi connectivity index (χ4v) is 3.81. The number of benzene rings is 3. The van der Waals surface area contributed by atoms with Gasteiger partial charge in [0.1, 0.15) is 0 Å². The van der Waals surface area contributed by atoms with Crippen molar-refractivity contribution in [3.8, 4) is 11.1 Å². The van der Waals surface area contributed by atoms with E-state index in [1.165, 1.54) is 18.2 Å². The summed E-state index contributed by atoms with van der Waals surface area (Å²) in [6.07, 6.45) is 1.30. The molecule has 0 aliphatic carbocycles. The highest BCUT2D eigenvalue weighted by Gasteiger charge is 2.13. The molecule has 0 aliphatic heterocycles. The summed E-state index contributed by atoms with van der Waals surface area (Å²) in [5, 5.41) is 12.6. The largest absolute Gasteiger partial charge is 0.478 e. The molecule has 0 aliphatic rings. The standard InChI is InChI=1S/C23H21ClN2O5S/c1-32(30,31)26-21-14-19(23(28)29)7-4-17(21)12-13-25-22(27)18-5-2-15(3-6-18)16-8-10-20(24)11-9-16/h2-11,14,26H,12-13H2,1H3,(H,25,27)(H,28,29). The van der Waals surface area contributed by atoms with Crippen LogP contribution in [0.4, 0.5) is 5.69 Å². The summed E-state index contributed by atoms with van der Waals surface area (Å²) in [6, 6.07) is 18.7. The van der Waals surface area contributed by atoms with Crippen molar-refractivity contribution in [3.05, 3.63) is 88.4 Å². The van der Waals surface area contributed by atoms with Crippen molar-refractivity contribution >= 4 is 39.2 Å². The molecule has 0 bridgehead atoms. The predicted octanol–water partition coefficient (Wildman–Crippen LogP) is 4.05. The van der Waals surface area contributed by atoms with Gasteiger partial charge in [0.15, 0.2) is 0 Å². The van der Waals surface area contributed by atoms with E-state index in [0.29, 0.717) is 22.6 Å². The lowest BCUT2D eigenvalue weighted by Gasteiger charge is -2.12. The zero-order valence-corrected chi connectivity index (χ0v) is 18.7. The van der Waals surface area contributed by atoms with Gasteiger partial charge in [0.2, 0.25) is 10.0 Å². The predicted molar refractivity (Wildman–Crippen MR) is 125 cm³/mol. The number of anilines is 1. The van der Waals surface area contributed by atoms with Gasteiger partial charge in [-0.3, -0.25) is 9.52 Å². The van der Waals surface area contributed by atoms with Gasteiger partial charge in [-0.25, -0.2) is 13.2 Å². The zero-order chi connectivity index (χ0) is 23.3. The van der Waals surface area contributed by atoms with E-state index in [1.807, 2.05) is 24.3 Å². The number of sulfonamides is 1. The van der Waals surface area contributed by atoms with Crippen LogP contribution in [0.5, 0.6) is 0 Å². The van der Waals surface area contributed by atoms with Gasteiger partial charge in [-0.1, -0.05) is 41.9 Å². The Bertz CT molecular complexity index is 1240. The average Bonchev–Trinajstić information content (AvgIpc) is 2.74. The minimum absolute atomic E-state index is 0.0373. The number of carboxylic acid groups (broad SMARTS) is 1. The Balaban J connectivity index is 1.65. The molecule has 0 atom stereocenters. The Labute approximate surface area is 191 Å². The molecule has 3 aromatic rings. The third-order valence-corrected chi connectivity index (χ3v) is 5.50. The van der Waals surface area contributed by atoms with Crippen molar-refractivity contribution in [2.24, 2.45) is 0 Å². The first-order valence-electron chi connectivity index (χ1n) is 9.60. The number of carbonyl (C=O) groups is 2. The Morgan fingerprint density at radius 1 is 0.906 bits per heavy atom. The summed E-state index contributed by atoms with van der Waals surface area (Å²) in [6.45, 7) is 0.239. The molecule has 0 heterocycles. The first-order valence-corrected chi connectivity index (χ1v) is 11.9. The maximum Gasteiger partial charge on any atom is 0.335 e. The van der Waals surface area contributed by atoms with Crippen LogP contribution in [0, 0.1) is 0 Å². The Morgan fingerprint density at radius 2 is 1.47 bits per heavy atom. The van der Waals surface area contributed by atoms with Gasteiger partial charge in [-0.15, -0.1) is 0 Å². The number of nitrogens with one attached hydrogen (secondary N) is 2. The second-order valence-electron chi connectivity index (χ2n) is 7.14. The van der Waals surface area contributed by atoms with Gasteiger partial charge in [0.05, 0.1) is 17.5 Å². The van der Waals surface area contributed by atoms with Crippen LogP contribution in [-0.2, 0) is 16.4 Å². The highest BCUT2D eigenvalue weighted by molar-refractivity contribution is 7.92. The van der Waals surface area contributed by atoms with Crippen LogP contribution in [0.15, 0.2) is 66.7 Å². The quantitative estimate of drug-likeness (QED) is 0.458. The van der Waals surface area contributed by atoms with Crippen molar-refractivity contribution in [1.29, 1.82) is 0 Å². The lowest BCUT2D eigenvalue weighted by molar-refractivity contribution is 0.0696. The summed E-state index contributed by atoms with van der Waals surface area (Å²) < 4.78 is 25.6. The van der Waals surface area contributed by atoms with Crippen molar-refractivity contribution in [1.82, 2.24) is 5.32 Å². The minimum atomic E-state index is -3.59. The summed E-state index contributed by atoms with van der Waals surface area (Å²) in [7, 11) is -3.59. The topological polar surface area (TPSA) is 113 Å². The Hall–Kier alpha value is -3.36. The van der Waals surface area contributed by atoms with Crippen LogP contribution in [0.3, 0.4) is 0 Å². The fraction of sp³-hybridized carbons (Fsp3) is 0.130. The summed E-state index contributed by atoms with van der Waals surface area (Å²) in [4.78, 5) is 23.6. The van der Waals surface area contributed by atoms with Gasteiger partial charge in [-0.05, 0) is 59.5 Å². The second kappa shape index (κ2) is 9.84. The molecule has 166 valence electrons. The number of rotatable bonds is 8. The molecule has 0 unspecified atom stereocenters. The van der Waals surface area contributed by atoms with Crippen LogP contribution >= 0.6 is 11.6 Å². The molecule has 32 heavy (non-hydrogen) atoms. The van der Waals surface area contributed by atoms with Gasteiger partial charge < -0.3 is 10.4 Å². The summed E-state index contributed by atoms with van der Waals surface area (Å²) in [5.41, 5.74) is 3.13. The van der Waals surface area contributed by atoms with E-state index in [9.17, 15) is 18.0 Å². The Morgan fingerprint density at radius 3 is 2.03 bits per heavy atom. The molecule has 0 aromatic heterocycles. The number of hydrogen-bond acceptors (Lipinski definition) is 4. The first kappa shape index (κ1) is 23.3. The monoisotopic (exact) mass is 472 g/mol. The zero-order valence-electron chi connectivity index (χ0n) is 17.1. The molecule has 0 radical (unpaired) electrons. The number of halogens is 1. The van der Waals surface area contributed by atoms with Crippen molar-refractivity contribution in [2.75, 3.05) is 17.5 Å². The van der Waals surface area contributed by atoms with E-state index in [2.05, 4.69) is 10.0 Å². The first-order chi connectivity index (χ1) is 15.1. The van der Waals surface area contributed by atoms with Crippen LogP contribution in [0.1, 0.15) is 26.3 Å². The van der Waals surface area contributed by atoms with Gasteiger partial charge in [0.25, 0.3) is 5.91 Å². The molecule has 7 nitrogen and oxygen atoms in total. The smallest absolute Gasteiger partial charge is 0.335 e. The minimum Gasteiger partial charge on any atom is -0.478 e. The summed E-state index contributed by atoms with van der Waals surface area (Å²) >= 11 is 5.91. The van der Waals surface area contributed by atoms with Crippen molar-refractivity contribution in [2.45, 2.75) is 6.42 Å². The fourth-order valence-electron chi connectivity index (χ4n) is 3.09. The van der Waals surface area contributed by atoms with E-state index in [1.54, 1.807) is 24.3 Å². The van der Waals surface area contributed by atoms with Crippen molar-refractivity contribution in [3.63, 3.8) is 0 Å². The number of amides is 1. The molecule has 3 aromatic carbocycles. The number of carboxylic acids is 1. The third-order valence-electron chi connectivity index (χ3n) is 4.66. The van der Waals surface area contributed by atoms with Crippen LogP contribution in [0.25, 0.3) is 11.1 Å². The lowest BCUT2D eigenvalue weighted by atomic mass is 10.0. The van der Waals surface area contributed by atoms with E-state index < -0.39 is 16.0 Å². The SMILES string of the molecule is CS(=O)(=O)Nc1cc(C(=O)O)ccc1CCNC(=O)c1ccc(-c2ccc(Cl)cc2)cc1. The highest BCUT2D eigenvalue weighted by Crippen LogP contribution is 2.22. The molecule has 0 fully saturated rings. The average molecular weight is 473 g/mol. The van der Waals surface area contributed by atoms with Gasteiger partial charge in [-0.2, -0.15) is 0 Å². The second-order valence-corrected chi connectivity index (χ2v) is 9.33. The number of hydrogen-bond donors (Lipinski definition) is 3. The maximum absolute atomic E-state index is 12.5. The van der Waals surface area contributed by atoms with E-state index in [-0.39, 0.29) is 23.7 Å². The van der Waals surface area contributed by atoms with E-state index in [4.69, 9.17) is 16.7 Å². The van der Waals surface area contributed by atoms with Crippen LogP contribution < -0.4 is 10.0 Å². The lowest BCUT2D eigenvalue weighted by Crippen LogP contribution is -2.26. The molecule has 1 amide bonds. The molecule has 0 saturated carbocycles. The molecular weight excluding hydrogens is 452 g/mol. The Kier molecular flexibility index (Phi) is 7.17. The molecular formula is C23H21ClN2O5S. The third kappa shape index (κ3) is 6.32. The normalized spacial score (nSPS) is 11.1. The molecule has 0 spiro atoms. The van der Waals surface area contributed by atoms with Crippen LogP contribution in [0.2, 0.25) is 5.02 Å². The van der Waals surface area contributed by atoms with Gasteiger partial charge >= 0.3 is 5.97 Å².